The molecule has 0 spiro atoms. The second-order valence-electron chi connectivity index (χ2n) is 6.44. The number of esters is 1. The third-order valence-corrected chi connectivity index (χ3v) is 5.84. The highest BCUT2D eigenvalue weighted by Gasteiger charge is 2.32. The van der Waals surface area contributed by atoms with Crippen molar-refractivity contribution in [3.63, 3.8) is 0 Å². The molecule has 31 heavy (non-hydrogen) atoms. The van der Waals surface area contributed by atoms with E-state index in [9.17, 15) is 9.59 Å². The number of halogens is 1. The Hall–Kier alpha value is -2.58. The Morgan fingerprint density at radius 1 is 1.16 bits per heavy atom. The summed E-state index contributed by atoms with van der Waals surface area (Å²) in [5.74, 6) is 0.197. The summed E-state index contributed by atoms with van der Waals surface area (Å²) in [6.45, 7) is 6.90. The maximum Gasteiger partial charge on any atom is 0.338 e. The quantitative estimate of drug-likeness (QED) is 0.361. The van der Waals surface area contributed by atoms with Gasteiger partial charge in [-0.15, -0.1) is 0 Å². The van der Waals surface area contributed by atoms with Crippen molar-refractivity contribution in [1.29, 1.82) is 0 Å². The molecule has 0 bridgehead atoms. The Morgan fingerprint density at radius 2 is 1.97 bits per heavy atom. The minimum atomic E-state index is -0.397. The van der Waals surface area contributed by atoms with Crippen LogP contribution in [-0.4, -0.2) is 41.7 Å². The van der Waals surface area contributed by atoms with Crippen molar-refractivity contribution in [3.05, 3.63) is 63.0 Å². The van der Waals surface area contributed by atoms with Crippen molar-refractivity contribution >= 4 is 56.5 Å². The van der Waals surface area contributed by atoms with Crippen molar-refractivity contribution in [2.75, 3.05) is 19.8 Å². The highest BCUT2D eigenvalue weighted by Crippen LogP contribution is 2.36. The number of hydrogen-bond acceptors (Lipinski definition) is 6. The van der Waals surface area contributed by atoms with Gasteiger partial charge < -0.3 is 9.47 Å². The summed E-state index contributed by atoms with van der Waals surface area (Å²) in [6, 6.07) is 12.6. The lowest BCUT2D eigenvalue weighted by atomic mass is 10.2. The Morgan fingerprint density at radius 3 is 2.68 bits per heavy atom. The van der Waals surface area contributed by atoms with E-state index in [0.717, 1.165) is 10.0 Å². The summed E-state index contributed by atoms with van der Waals surface area (Å²) in [7, 11) is 0. The van der Waals surface area contributed by atoms with Gasteiger partial charge in [0.1, 0.15) is 5.75 Å². The van der Waals surface area contributed by atoms with Crippen LogP contribution in [0.25, 0.3) is 6.08 Å². The van der Waals surface area contributed by atoms with E-state index < -0.39 is 5.97 Å². The molecule has 1 amide bonds. The first-order valence-electron chi connectivity index (χ1n) is 9.96. The van der Waals surface area contributed by atoms with Gasteiger partial charge in [-0.2, -0.15) is 0 Å². The lowest BCUT2D eigenvalue weighted by molar-refractivity contribution is -0.122. The van der Waals surface area contributed by atoms with Crippen LogP contribution < -0.4 is 4.74 Å². The van der Waals surface area contributed by atoms with Gasteiger partial charge in [0.25, 0.3) is 5.91 Å². The lowest BCUT2D eigenvalue weighted by Gasteiger charge is -2.12. The normalized spacial score (nSPS) is 16.3. The lowest BCUT2D eigenvalue weighted by Crippen LogP contribution is -2.28. The molecule has 1 fully saturated rings. The van der Waals surface area contributed by atoms with Gasteiger partial charge in [-0.25, -0.2) is 9.79 Å². The Balaban J connectivity index is 1.94. The predicted octanol–water partition coefficient (Wildman–Crippen LogP) is 5.65. The summed E-state index contributed by atoms with van der Waals surface area (Å²) in [6.07, 6.45) is 1.82. The van der Waals surface area contributed by atoms with Gasteiger partial charge in [0.15, 0.2) is 5.17 Å². The molecule has 2 aromatic rings. The molecule has 0 aliphatic carbocycles. The Bertz CT molecular complexity index is 1050. The maximum atomic E-state index is 13.0. The largest absolute Gasteiger partial charge is 0.493 e. The summed E-state index contributed by atoms with van der Waals surface area (Å²) in [5, 5.41) is 0.563. The number of thioether (sulfide) groups is 1. The first-order valence-corrected chi connectivity index (χ1v) is 11.6. The van der Waals surface area contributed by atoms with Gasteiger partial charge in [-0.05, 0) is 75.0 Å². The van der Waals surface area contributed by atoms with E-state index >= 15 is 0 Å². The molecule has 0 atom stereocenters. The molecule has 0 N–H and O–H groups in total. The molecular weight excluding hydrogens is 480 g/mol. The fourth-order valence-electron chi connectivity index (χ4n) is 2.96. The van der Waals surface area contributed by atoms with Gasteiger partial charge in [0.05, 0.1) is 29.4 Å². The van der Waals surface area contributed by atoms with Crippen molar-refractivity contribution in [2.45, 2.75) is 20.8 Å². The number of hydrogen-bond donors (Lipinski definition) is 0. The molecule has 1 aliphatic rings. The number of nitrogens with zero attached hydrogens (tertiary/aromatic N) is 2. The van der Waals surface area contributed by atoms with Gasteiger partial charge in [0, 0.05) is 16.6 Å². The number of benzene rings is 2. The number of rotatable bonds is 7. The predicted molar refractivity (Wildman–Crippen MR) is 128 cm³/mol. The standard InChI is InChI=1S/C23H23BrN2O4S/c1-4-26-21(27)20(14-16-12-17(24)10-11-19(16)29-5-2)31-23(26)25-18-9-7-8-15(13-18)22(28)30-6-3/h7-14H,4-6H2,1-3H3. The van der Waals surface area contributed by atoms with Gasteiger partial charge in [-0.3, -0.25) is 9.69 Å². The number of carbonyl (C=O) groups excluding carboxylic acids is 2. The van der Waals surface area contributed by atoms with E-state index in [1.807, 2.05) is 38.1 Å². The third kappa shape index (κ3) is 5.57. The molecule has 1 saturated heterocycles. The highest BCUT2D eigenvalue weighted by molar-refractivity contribution is 9.10. The van der Waals surface area contributed by atoms with Crippen LogP contribution in [0.5, 0.6) is 5.75 Å². The zero-order chi connectivity index (χ0) is 22.4. The minimum Gasteiger partial charge on any atom is -0.493 e. The van der Waals surface area contributed by atoms with Crippen LogP contribution in [0.3, 0.4) is 0 Å². The van der Waals surface area contributed by atoms with Crippen LogP contribution in [-0.2, 0) is 9.53 Å². The zero-order valence-electron chi connectivity index (χ0n) is 17.6. The summed E-state index contributed by atoms with van der Waals surface area (Å²) in [4.78, 5) is 31.8. The number of likely N-dealkylation sites (N-methyl/N-ethyl adjacent to an activating group) is 1. The highest BCUT2D eigenvalue weighted by atomic mass is 79.9. The molecule has 6 nitrogen and oxygen atoms in total. The Labute approximate surface area is 194 Å². The van der Waals surface area contributed by atoms with E-state index in [1.165, 1.54) is 11.8 Å². The zero-order valence-corrected chi connectivity index (χ0v) is 20.0. The molecule has 1 heterocycles. The minimum absolute atomic E-state index is 0.116. The van der Waals surface area contributed by atoms with Crippen molar-refractivity contribution in [2.24, 2.45) is 4.99 Å². The fraction of sp³-hybridized carbons (Fsp3) is 0.261. The van der Waals surface area contributed by atoms with Crippen LogP contribution in [0, 0.1) is 0 Å². The van der Waals surface area contributed by atoms with Crippen LogP contribution in [0.4, 0.5) is 5.69 Å². The first kappa shape index (κ1) is 23.1. The van der Waals surface area contributed by atoms with E-state index in [2.05, 4.69) is 20.9 Å². The van der Waals surface area contributed by atoms with Crippen LogP contribution in [0.2, 0.25) is 0 Å². The molecular formula is C23H23BrN2O4S. The number of carbonyl (C=O) groups is 2. The molecule has 8 heteroatoms. The Kier molecular flexibility index (Phi) is 7.92. The molecule has 3 rings (SSSR count). The van der Waals surface area contributed by atoms with E-state index in [-0.39, 0.29) is 5.91 Å². The van der Waals surface area contributed by atoms with Crippen LogP contribution >= 0.6 is 27.7 Å². The van der Waals surface area contributed by atoms with Gasteiger partial charge in [0.2, 0.25) is 0 Å². The third-order valence-electron chi connectivity index (χ3n) is 4.34. The summed E-state index contributed by atoms with van der Waals surface area (Å²) < 4.78 is 11.6. The SMILES string of the molecule is CCOC(=O)c1cccc(N=C2SC(=Cc3cc(Br)ccc3OCC)C(=O)N2CC)c1. The number of aliphatic imine (C=N–C) groups is 1. The summed E-state index contributed by atoms with van der Waals surface area (Å²) >= 11 is 4.77. The molecule has 162 valence electrons. The average molecular weight is 503 g/mol. The van der Waals surface area contributed by atoms with Crippen molar-refractivity contribution in [1.82, 2.24) is 4.90 Å². The molecule has 0 unspecified atom stereocenters. The van der Waals surface area contributed by atoms with E-state index in [1.54, 1.807) is 36.1 Å². The molecule has 0 saturated carbocycles. The smallest absolute Gasteiger partial charge is 0.338 e. The summed E-state index contributed by atoms with van der Waals surface area (Å²) in [5.41, 5.74) is 1.82. The van der Waals surface area contributed by atoms with Crippen LogP contribution in [0.1, 0.15) is 36.7 Å². The molecule has 0 radical (unpaired) electrons. The van der Waals surface area contributed by atoms with Crippen LogP contribution in [0.15, 0.2) is 56.8 Å². The van der Waals surface area contributed by atoms with E-state index in [4.69, 9.17) is 9.47 Å². The maximum absolute atomic E-state index is 13.0. The topological polar surface area (TPSA) is 68.2 Å². The first-order chi connectivity index (χ1) is 15.0. The number of ether oxygens (including phenoxy) is 2. The van der Waals surface area contributed by atoms with Gasteiger partial charge in [-0.1, -0.05) is 22.0 Å². The van der Waals surface area contributed by atoms with Crippen molar-refractivity contribution in [3.8, 4) is 5.75 Å². The number of amidine groups is 1. The monoisotopic (exact) mass is 502 g/mol. The fourth-order valence-corrected chi connectivity index (χ4v) is 4.39. The van der Waals surface area contributed by atoms with E-state index in [0.29, 0.717) is 46.8 Å². The second kappa shape index (κ2) is 10.6. The van der Waals surface area contributed by atoms with Crippen molar-refractivity contribution < 1.29 is 19.1 Å². The molecule has 2 aromatic carbocycles. The number of amides is 1. The molecule has 1 aliphatic heterocycles. The molecule has 0 aromatic heterocycles. The second-order valence-corrected chi connectivity index (χ2v) is 8.37. The van der Waals surface area contributed by atoms with Gasteiger partial charge >= 0.3 is 5.97 Å². The average Bonchev–Trinajstić information content (AvgIpc) is 3.04.